The molecule has 9 nitrogen and oxygen atoms in total. The van der Waals surface area contributed by atoms with Crippen LogP contribution in [0.1, 0.15) is 17.4 Å². The van der Waals surface area contributed by atoms with E-state index in [9.17, 15) is 19.5 Å². The summed E-state index contributed by atoms with van der Waals surface area (Å²) in [5.41, 5.74) is -0.816. The Morgan fingerprint density at radius 1 is 1.54 bits per heavy atom. The summed E-state index contributed by atoms with van der Waals surface area (Å²) in [6.07, 6.45) is -0.976. The Morgan fingerprint density at radius 2 is 2.29 bits per heavy atom. The molecular formula is C13H18N4O5S2. The number of carbonyl (C=O) groups is 2. The third kappa shape index (κ3) is 4.58. The Bertz CT molecular complexity index is 699. The number of amides is 2. The van der Waals surface area contributed by atoms with Crippen molar-refractivity contribution in [1.82, 2.24) is 19.0 Å². The van der Waals surface area contributed by atoms with E-state index in [0.717, 1.165) is 11.7 Å². The van der Waals surface area contributed by atoms with Crippen LogP contribution in [0.5, 0.6) is 0 Å². The lowest BCUT2D eigenvalue weighted by Crippen LogP contribution is -2.42. The fourth-order valence-corrected chi connectivity index (χ4v) is 3.39. The Hall–Kier alpha value is -1.85. The molecule has 0 fully saturated rings. The number of hydrogen-bond donors (Lipinski definition) is 3. The monoisotopic (exact) mass is 374 g/mol. The van der Waals surface area contributed by atoms with Crippen LogP contribution in [0, 0.1) is 0 Å². The second kappa shape index (κ2) is 8.31. The maximum absolute atomic E-state index is 12.3. The molecule has 0 aliphatic carbocycles. The molecule has 1 aliphatic heterocycles. The molecule has 1 unspecified atom stereocenters. The maximum Gasteiger partial charge on any atom is 0.291 e. The zero-order valence-corrected chi connectivity index (χ0v) is 14.8. The molecule has 0 saturated heterocycles. The van der Waals surface area contributed by atoms with Crippen LogP contribution in [0.4, 0.5) is 0 Å². The van der Waals surface area contributed by atoms with Crippen molar-refractivity contribution in [3.05, 3.63) is 26.7 Å². The molecule has 1 atom stereocenters. The van der Waals surface area contributed by atoms with E-state index in [0.29, 0.717) is 23.0 Å². The Kier molecular flexibility index (Phi) is 6.40. The molecule has 11 heteroatoms. The van der Waals surface area contributed by atoms with E-state index in [-0.39, 0.29) is 24.7 Å². The number of rotatable bonds is 6. The minimum absolute atomic E-state index is 0.0316. The fraction of sp³-hybridized carbons (Fsp3) is 0.538. The van der Waals surface area contributed by atoms with Crippen molar-refractivity contribution in [2.45, 2.75) is 13.0 Å². The van der Waals surface area contributed by atoms with Crippen LogP contribution in [0.3, 0.4) is 0 Å². The van der Waals surface area contributed by atoms with Gasteiger partial charge in [0.1, 0.15) is 10.7 Å². The second-order valence-corrected chi connectivity index (χ2v) is 6.77. The Morgan fingerprint density at radius 3 is 2.92 bits per heavy atom. The van der Waals surface area contributed by atoms with Crippen molar-refractivity contribution in [3.8, 4) is 0 Å². The molecule has 3 N–H and O–H groups in total. The van der Waals surface area contributed by atoms with Gasteiger partial charge >= 0.3 is 0 Å². The smallest absolute Gasteiger partial charge is 0.291 e. The van der Waals surface area contributed by atoms with Gasteiger partial charge in [0, 0.05) is 37.6 Å². The van der Waals surface area contributed by atoms with Crippen molar-refractivity contribution in [2.24, 2.45) is 0 Å². The van der Waals surface area contributed by atoms with E-state index in [1.807, 2.05) is 0 Å². The number of aromatic nitrogens is 2. The van der Waals surface area contributed by atoms with E-state index in [1.165, 1.54) is 16.7 Å². The number of aliphatic hydroxyl groups is 1. The standard InChI is InChI=1S/C13H18N4O5S2/c1-7-10(23-4-3-22-7)13(21)17(2)6-8(18)5-14-11(19)9-12(20)16-24-15-9/h8,18H,3-6H2,1-2H3,(H,14,19)(H,16,20). The highest BCUT2D eigenvalue weighted by Gasteiger charge is 2.24. The minimum atomic E-state index is -0.976. The van der Waals surface area contributed by atoms with E-state index in [2.05, 4.69) is 14.1 Å². The highest BCUT2D eigenvalue weighted by molar-refractivity contribution is 8.04. The summed E-state index contributed by atoms with van der Waals surface area (Å²) >= 11 is 2.20. The maximum atomic E-state index is 12.3. The summed E-state index contributed by atoms with van der Waals surface area (Å²) in [4.78, 5) is 37.2. The van der Waals surface area contributed by atoms with Gasteiger partial charge in [-0.15, -0.1) is 11.8 Å². The molecule has 1 aliphatic rings. The molecule has 2 amide bonds. The molecule has 0 saturated carbocycles. The summed E-state index contributed by atoms with van der Waals surface area (Å²) < 4.78 is 11.3. The van der Waals surface area contributed by atoms with E-state index < -0.39 is 17.6 Å². The Labute approximate surface area is 146 Å². The lowest BCUT2D eigenvalue weighted by atomic mass is 10.3. The van der Waals surface area contributed by atoms with Crippen LogP contribution in [0.25, 0.3) is 0 Å². The summed E-state index contributed by atoms with van der Waals surface area (Å²) in [7, 11) is 1.56. The predicted molar refractivity (Wildman–Crippen MR) is 89.8 cm³/mol. The molecule has 0 aromatic carbocycles. The molecule has 2 heterocycles. The molecule has 2 rings (SSSR count). The zero-order valence-electron chi connectivity index (χ0n) is 13.2. The van der Waals surface area contributed by atoms with Crippen LogP contribution >= 0.6 is 23.5 Å². The summed E-state index contributed by atoms with van der Waals surface area (Å²) in [5.74, 6) is 0.375. The minimum Gasteiger partial charge on any atom is -0.496 e. The van der Waals surface area contributed by atoms with Gasteiger partial charge in [-0.2, -0.15) is 4.37 Å². The average molecular weight is 374 g/mol. The number of nitrogens with one attached hydrogen (secondary N) is 2. The molecule has 1 aromatic rings. The van der Waals surface area contributed by atoms with E-state index >= 15 is 0 Å². The number of nitrogens with zero attached hydrogens (tertiary/aromatic N) is 2. The number of carbonyl (C=O) groups excluding carboxylic acids is 2. The summed E-state index contributed by atoms with van der Waals surface area (Å²) in [6.45, 7) is 2.23. The van der Waals surface area contributed by atoms with Gasteiger partial charge in [0.2, 0.25) is 5.69 Å². The molecule has 0 radical (unpaired) electrons. The number of allylic oxidation sites excluding steroid dienone is 1. The van der Waals surface area contributed by atoms with Crippen LogP contribution in [0.2, 0.25) is 0 Å². The first kappa shape index (κ1) is 18.5. The van der Waals surface area contributed by atoms with Crippen LogP contribution in [0.15, 0.2) is 15.5 Å². The second-order valence-electron chi connectivity index (χ2n) is 5.09. The van der Waals surface area contributed by atoms with Gasteiger partial charge in [-0.25, -0.2) is 0 Å². The van der Waals surface area contributed by atoms with Crippen LogP contribution < -0.4 is 10.9 Å². The topological polar surface area (TPSA) is 125 Å². The number of thioether (sulfide) groups is 1. The first-order valence-corrected chi connectivity index (χ1v) is 8.88. The van der Waals surface area contributed by atoms with Crippen molar-refractivity contribution < 1.29 is 19.4 Å². The third-order valence-electron chi connectivity index (χ3n) is 3.20. The lowest BCUT2D eigenvalue weighted by molar-refractivity contribution is -0.126. The van der Waals surface area contributed by atoms with Crippen molar-refractivity contribution >= 4 is 35.3 Å². The summed E-state index contributed by atoms with van der Waals surface area (Å²) in [6, 6.07) is 0. The quantitative estimate of drug-likeness (QED) is 0.606. The van der Waals surface area contributed by atoms with Gasteiger partial charge in [-0.1, -0.05) is 0 Å². The lowest BCUT2D eigenvalue weighted by Gasteiger charge is -2.24. The van der Waals surface area contributed by atoms with Gasteiger partial charge in [0.25, 0.3) is 17.4 Å². The molecule has 0 spiro atoms. The third-order valence-corrected chi connectivity index (χ3v) is 4.87. The van der Waals surface area contributed by atoms with Crippen LogP contribution in [-0.4, -0.2) is 69.2 Å². The largest absolute Gasteiger partial charge is 0.496 e. The number of H-pyrrole nitrogens is 1. The van der Waals surface area contributed by atoms with Crippen molar-refractivity contribution in [3.63, 3.8) is 0 Å². The number of aliphatic hydroxyl groups excluding tert-OH is 1. The highest BCUT2D eigenvalue weighted by Crippen LogP contribution is 2.26. The highest BCUT2D eigenvalue weighted by atomic mass is 32.2. The van der Waals surface area contributed by atoms with Crippen molar-refractivity contribution in [2.75, 3.05) is 32.5 Å². The molecule has 132 valence electrons. The average Bonchev–Trinajstić information content (AvgIpc) is 2.98. The van der Waals surface area contributed by atoms with Gasteiger partial charge in [0.05, 0.1) is 12.7 Å². The number of hydrogen-bond acceptors (Lipinski definition) is 8. The Balaban J connectivity index is 1.84. The number of likely N-dealkylation sites (N-methyl/N-ethyl adjacent to an activating group) is 1. The van der Waals surface area contributed by atoms with Crippen molar-refractivity contribution in [1.29, 1.82) is 0 Å². The van der Waals surface area contributed by atoms with Gasteiger partial charge in [-0.05, 0) is 6.92 Å². The van der Waals surface area contributed by atoms with Crippen LogP contribution in [-0.2, 0) is 9.53 Å². The number of ether oxygens (including phenoxy) is 1. The molecule has 24 heavy (non-hydrogen) atoms. The number of aromatic amines is 1. The van der Waals surface area contributed by atoms with Gasteiger partial charge in [0.15, 0.2) is 0 Å². The molecule has 0 bridgehead atoms. The van der Waals surface area contributed by atoms with E-state index in [4.69, 9.17) is 4.74 Å². The first-order valence-electron chi connectivity index (χ1n) is 7.12. The first-order chi connectivity index (χ1) is 11.4. The summed E-state index contributed by atoms with van der Waals surface area (Å²) in [5, 5.41) is 12.4. The van der Waals surface area contributed by atoms with E-state index in [1.54, 1.807) is 14.0 Å². The van der Waals surface area contributed by atoms with Gasteiger partial charge < -0.3 is 20.1 Å². The normalized spacial score (nSPS) is 15.6. The van der Waals surface area contributed by atoms with Gasteiger partial charge in [-0.3, -0.25) is 18.8 Å². The SMILES string of the molecule is CC1=C(C(=O)N(C)CC(O)CNC(=O)c2ns[nH]c2=O)SCCO1. The predicted octanol–water partition coefficient (Wildman–Crippen LogP) is -0.625. The molecular weight excluding hydrogens is 356 g/mol. The zero-order chi connectivity index (χ0) is 17.7. The fourth-order valence-electron chi connectivity index (χ4n) is 1.99. The molecule has 1 aromatic heterocycles.